The summed E-state index contributed by atoms with van der Waals surface area (Å²) in [6.07, 6.45) is 5.11. The highest BCUT2D eigenvalue weighted by atomic mass is 35.5. The molecule has 1 saturated carbocycles. The first-order chi connectivity index (χ1) is 14.0. The van der Waals surface area contributed by atoms with E-state index in [0.29, 0.717) is 43.3 Å². The first-order valence-corrected chi connectivity index (χ1v) is 10.0. The molecule has 8 nitrogen and oxygen atoms in total. The largest absolute Gasteiger partial charge is 0.345 e. The number of piperazine rings is 1. The Kier molecular flexibility index (Phi) is 5.53. The zero-order valence-corrected chi connectivity index (χ0v) is 16.6. The van der Waals surface area contributed by atoms with E-state index in [9.17, 15) is 14.4 Å². The molecule has 2 aliphatic rings. The number of amides is 3. The number of benzene rings is 1. The highest BCUT2D eigenvalue weighted by Crippen LogP contribution is 2.19. The highest BCUT2D eigenvalue weighted by molar-refractivity contribution is 6.35. The van der Waals surface area contributed by atoms with Crippen LogP contribution in [0.5, 0.6) is 0 Å². The predicted octanol–water partition coefficient (Wildman–Crippen LogP) is 1.15. The van der Waals surface area contributed by atoms with Crippen molar-refractivity contribution in [2.75, 3.05) is 26.2 Å². The molecule has 1 N–H and O–H groups in total. The Hall–Kier alpha value is -2.87. The van der Waals surface area contributed by atoms with E-state index in [1.54, 1.807) is 22.0 Å². The van der Waals surface area contributed by atoms with Gasteiger partial charge in [-0.05, 0) is 24.5 Å². The average molecular weight is 416 g/mol. The third kappa shape index (κ3) is 4.59. The van der Waals surface area contributed by atoms with E-state index in [2.05, 4.69) is 10.4 Å². The van der Waals surface area contributed by atoms with Crippen LogP contribution in [-0.2, 0) is 16.1 Å². The van der Waals surface area contributed by atoms with E-state index in [1.807, 2.05) is 24.3 Å². The molecule has 0 spiro atoms. The second-order valence-corrected chi connectivity index (χ2v) is 7.76. The van der Waals surface area contributed by atoms with Gasteiger partial charge in [0.1, 0.15) is 0 Å². The van der Waals surface area contributed by atoms with Crippen molar-refractivity contribution in [3.8, 4) is 0 Å². The van der Waals surface area contributed by atoms with Gasteiger partial charge in [0, 0.05) is 43.4 Å². The molecule has 1 aliphatic carbocycles. The molecule has 2 fully saturated rings. The van der Waals surface area contributed by atoms with Gasteiger partial charge in [-0.25, -0.2) is 0 Å². The molecule has 1 saturated heterocycles. The topological polar surface area (TPSA) is 87.5 Å². The summed E-state index contributed by atoms with van der Waals surface area (Å²) in [5.41, 5.74) is 1.41. The van der Waals surface area contributed by atoms with Gasteiger partial charge in [0.15, 0.2) is 0 Å². The summed E-state index contributed by atoms with van der Waals surface area (Å²) in [5, 5.41) is 7.62. The Morgan fingerprint density at radius 1 is 1.07 bits per heavy atom. The fourth-order valence-electron chi connectivity index (χ4n) is 3.28. The van der Waals surface area contributed by atoms with Crippen LogP contribution in [0.1, 0.15) is 28.8 Å². The maximum absolute atomic E-state index is 12.8. The van der Waals surface area contributed by atoms with Crippen molar-refractivity contribution in [3.63, 3.8) is 0 Å². The number of nitrogens with zero attached hydrogens (tertiary/aromatic N) is 4. The highest BCUT2D eigenvalue weighted by Gasteiger charge is 2.31. The van der Waals surface area contributed by atoms with E-state index < -0.39 is 11.8 Å². The molecule has 0 unspecified atom stereocenters. The number of nitrogens with one attached hydrogen (secondary N) is 1. The predicted molar refractivity (Wildman–Crippen MR) is 106 cm³/mol. The van der Waals surface area contributed by atoms with Crippen molar-refractivity contribution < 1.29 is 14.4 Å². The SMILES string of the molecule is O=C(NC1CC1)C(=O)N1CCN(C(=O)c2cnn(Cc3ccccc3Cl)c2)CC1. The molecule has 9 heteroatoms. The van der Waals surface area contributed by atoms with E-state index in [0.717, 1.165) is 18.4 Å². The summed E-state index contributed by atoms with van der Waals surface area (Å²) in [5.74, 6) is -1.20. The lowest BCUT2D eigenvalue weighted by Crippen LogP contribution is -2.54. The number of rotatable bonds is 4. The van der Waals surface area contributed by atoms with Gasteiger partial charge >= 0.3 is 11.8 Å². The Morgan fingerprint density at radius 3 is 2.45 bits per heavy atom. The minimum absolute atomic E-state index is 0.134. The first-order valence-electron chi connectivity index (χ1n) is 9.66. The Bertz CT molecular complexity index is 932. The molecule has 1 aliphatic heterocycles. The van der Waals surface area contributed by atoms with Crippen LogP contribution in [0.15, 0.2) is 36.7 Å². The molecular weight excluding hydrogens is 394 g/mol. The van der Waals surface area contributed by atoms with Gasteiger partial charge in [-0.1, -0.05) is 29.8 Å². The molecule has 1 aromatic carbocycles. The number of carbonyl (C=O) groups excluding carboxylic acids is 3. The molecular formula is C20H22ClN5O3. The maximum atomic E-state index is 12.8. The summed E-state index contributed by atoms with van der Waals surface area (Å²) in [7, 11) is 0. The molecule has 2 heterocycles. The number of carbonyl (C=O) groups is 3. The van der Waals surface area contributed by atoms with Crippen molar-refractivity contribution in [1.82, 2.24) is 24.9 Å². The molecule has 4 rings (SSSR count). The number of aromatic nitrogens is 2. The zero-order valence-electron chi connectivity index (χ0n) is 15.9. The Balaban J connectivity index is 1.31. The van der Waals surface area contributed by atoms with E-state index in [-0.39, 0.29) is 11.9 Å². The van der Waals surface area contributed by atoms with Crippen molar-refractivity contribution in [3.05, 3.63) is 52.8 Å². The average Bonchev–Trinajstić information content (AvgIpc) is 3.43. The van der Waals surface area contributed by atoms with Crippen LogP contribution >= 0.6 is 11.6 Å². The molecule has 0 bridgehead atoms. The fraction of sp³-hybridized carbons (Fsp3) is 0.400. The molecule has 0 radical (unpaired) electrons. The van der Waals surface area contributed by atoms with Crippen LogP contribution in [0.3, 0.4) is 0 Å². The van der Waals surface area contributed by atoms with Crippen LogP contribution in [0.25, 0.3) is 0 Å². The number of halogens is 1. The normalized spacial score (nSPS) is 16.6. The van der Waals surface area contributed by atoms with Crippen molar-refractivity contribution in [2.24, 2.45) is 0 Å². The number of hydrogen-bond donors (Lipinski definition) is 1. The fourth-order valence-corrected chi connectivity index (χ4v) is 3.47. The standard InChI is InChI=1S/C20H22ClN5O3/c21-17-4-2-1-3-14(17)12-26-13-15(11-22-26)19(28)24-7-9-25(10-8-24)20(29)18(27)23-16-5-6-16/h1-4,11,13,16H,5-10,12H2,(H,23,27). The quantitative estimate of drug-likeness (QED) is 0.759. The lowest BCUT2D eigenvalue weighted by molar-refractivity contribution is -0.146. The van der Waals surface area contributed by atoms with Gasteiger partial charge in [0.25, 0.3) is 5.91 Å². The van der Waals surface area contributed by atoms with Crippen LogP contribution in [0.4, 0.5) is 0 Å². The van der Waals surface area contributed by atoms with E-state index >= 15 is 0 Å². The molecule has 3 amide bonds. The van der Waals surface area contributed by atoms with Gasteiger partial charge in [-0.2, -0.15) is 5.10 Å². The van der Waals surface area contributed by atoms with Crippen molar-refractivity contribution >= 4 is 29.3 Å². The summed E-state index contributed by atoms with van der Waals surface area (Å²) in [6.45, 7) is 1.94. The van der Waals surface area contributed by atoms with Crippen LogP contribution < -0.4 is 5.32 Å². The smallest absolute Gasteiger partial charge is 0.312 e. The summed E-state index contributed by atoms with van der Waals surface area (Å²) in [6, 6.07) is 7.66. The zero-order chi connectivity index (χ0) is 20.4. The van der Waals surface area contributed by atoms with E-state index in [1.165, 1.54) is 4.90 Å². The minimum Gasteiger partial charge on any atom is -0.345 e. The first kappa shape index (κ1) is 19.4. The molecule has 29 heavy (non-hydrogen) atoms. The van der Waals surface area contributed by atoms with Gasteiger partial charge in [-0.15, -0.1) is 0 Å². The van der Waals surface area contributed by atoms with E-state index in [4.69, 9.17) is 11.6 Å². The summed E-state index contributed by atoms with van der Waals surface area (Å²) >= 11 is 6.18. The number of hydrogen-bond acceptors (Lipinski definition) is 4. The van der Waals surface area contributed by atoms with Crippen LogP contribution in [0, 0.1) is 0 Å². The molecule has 152 valence electrons. The van der Waals surface area contributed by atoms with Gasteiger partial charge < -0.3 is 15.1 Å². The van der Waals surface area contributed by atoms with Crippen molar-refractivity contribution in [1.29, 1.82) is 0 Å². The minimum atomic E-state index is -0.548. The monoisotopic (exact) mass is 415 g/mol. The van der Waals surface area contributed by atoms with Gasteiger partial charge in [0.05, 0.1) is 18.3 Å². The van der Waals surface area contributed by atoms with Crippen molar-refractivity contribution in [2.45, 2.75) is 25.4 Å². The lowest BCUT2D eigenvalue weighted by Gasteiger charge is -2.34. The second-order valence-electron chi connectivity index (χ2n) is 7.35. The molecule has 1 aromatic heterocycles. The molecule has 2 aromatic rings. The Labute approximate surface area is 173 Å². The maximum Gasteiger partial charge on any atom is 0.312 e. The lowest BCUT2D eigenvalue weighted by atomic mass is 10.2. The summed E-state index contributed by atoms with van der Waals surface area (Å²) in [4.78, 5) is 40.0. The van der Waals surface area contributed by atoms with Crippen LogP contribution in [-0.4, -0.2) is 69.5 Å². The second kappa shape index (κ2) is 8.24. The summed E-state index contributed by atoms with van der Waals surface area (Å²) < 4.78 is 1.68. The van der Waals surface area contributed by atoms with Gasteiger partial charge in [-0.3, -0.25) is 19.1 Å². The Morgan fingerprint density at radius 2 is 1.76 bits per heavy atom. The van der Waals surface area contributed by atoms with Gasteiger partial charge in [0.2, 0.25) is 0 Å². The molecule has 0 atom stereocenters. The van der Waals surface area contributed by atoms with Crippen LogP contribution in [0.2, 0.25) is 5.02 Å². The third-order valence-electron chi connectivity index (χ3n) is 5.13. The third-order valence-corrected chi connectivity index (χ3v) is 5.50.